The van der Waals surface area contributed by atoms with E-state index in [2.05, 4.69) is 15.5 Å². The molecule has 0 radical (unpaired) electrons. The van der Waals surface area contributed by atoms with Gasteiger partial charge in [-0.2, -0.15) is 0 Å². The number of aromatic nitrogens is 3. The number of nitrogens with one attached hydrogen (secondary N) is 1. The maximum absolute atomic E-state index is 12.2. The van der Waals surface area contributed by atoms with E-state index in [4.69, 9.17) is 4.74 Å². The van der Waals surface area contributed by atoms with Gasteiger partial charge in [-0.3, -0.25) is 10.1 Å². The van der Waals surface area contributed by atoms with Crippen molar-refractivity contribution in [2.24, 2.45) is 0 Å². The largest absolute Gasteiger partial charge is 0.489 e. The highest BCUT2D eigenvalue weighted by molar-refractivity contribution is 7.13. The van der Waals surface area contributed by atoms with Gasteiger partial charge in [0.2, 0.25) is 11.0 Å². The lowest BCUT2D eigenvalue weighted by Gasteiger charge is -2.09. The molecule has 0 saturated carbocycles. The van der Waals surface area contributed by atoms with Gasteiger partial charge in [0.25, 0.3) is 0 Å². The van der Waals surface area contributed by atoms with Crippen LogP contribution in [0, 0.1) is 0 Å². The van der Waals surface area contributed by atoms with E-state index in [0.717, 1.165) is 22.2 Å². The number of carbonyl (C=O) groups is 1. The first-order valence-corrected chi connectivity index (χ1v) is 8.97. The maximum Gasteiger partial charge on any atom is 0.246 e. The third-order valence-electron chi connectivity index (χ3n) is 3.91. The van der Waals surface area contributed by atoms with E-state index in [1.807, 2.05) is 65.4 Å². The molecule has 4 rings (SSSR count). The quantitative estimate of drug-likeness (QED) is 0.566. The van der Waals surface area contributed by atoms with Crippen LogP contribution < -0.4 is 10.1 Å². The Balaban J connectivity index is 1.48. The fourth-order valence-electron chi connectivity index (χ4n) is 2.67. The van der Waals surface area contributed by atoms with E-state index in [-0.39, 0.29) is 12.5 Å². The summed E-state index contributed by atoms with van der Waals surface area (Å²) in [5, 5.41) is 11.8. The van der Waals surface area contributed by atoms with Crippen LogP contribution in [0.15, 0.2) is 66.3 Å². The third-order valence-corrected chi connectivity index (χ3v) is 4.52. The van der Waals surface area contributed by atoms with Crippen LogP contribution in [-0.4, -0.2) is 20.7 Å². The van der Waals surface area contributed by atoms with E-state index in [9.17, 15) is 4.79 Å². The number of nitrogens with zero attached hydrogens (tertiary/aromatic N) is 3. The molecule has 1 N–H and O–H groups in total. The summed E-state index contributed by atoms with van der Waals surface area (Å²) in [6, 6.07) is 17.9. The van der Waals surface area contributed by atoms with Gasteiger partial charge in [0.15, 0.2) is 0 Å². The van der Waals surface area contributed by atoms with Gasteiger partial charge in [-0.1, -0.05) is 41.7 Å². The number of amides is 1. The summed E-state index contributed by atoms with van der Waals surface area (Å²) in [6.45, 7) is 0.704. The molecule has 0 aliphatic rings. The number of hydrogen-bond donors (Lipinski definition) is 1. The predicted octanol–water partition coefficient (Wildman–Crippen LogP) is 3.71. The molecule has 2 aromatic heterocycles. The number of anilines is 1. The molecule has 0 saturated heterocycles. The van der Waals surface area contributed by atoms with Crippen molar-refractivity contribution in [3.63, 3.8) is 0 Å². The molecule has 26 heavy (non-hydrogen) atoms. The topological polar surface area (TPSA) is 69.0 Å². The molecule has 0 aliphatic carbocycles. The average molecular weight is 364 g/mol. The Morgan fingerprint density at radius 2 is 2.04 bits per heavy atom. The molecule has 1 amide bonds. The molecular formula is C19H16N4O2S. The molecule has 0 spiro atoms. The summed E-state index contributed by atoms with van der Waals surface area (Å²) < 4.78 is 7.77. The van der Waals surface area contributed by atoms with Gasteiger partial charge in [0.1, 0.15) is 24.4 Å². The van der Waals surface area contributed by atoms with Gasteiger partial charge in [-0.05, 0) is 29.1 Å². The van der Waals surface area contributed by atoms with E-state index >= 15 is 0 Å². The lowest BCUT2D eigenvalue weighted by Crippen LogP contribution is -2.18. The molecule has 4 aromatic rings. The Morgan fingerprint density at radius 3 is 2.85 bits per heavy atom. The van der Waals surface area contributed by atoms with Gasteiger partial charge in [-0.15, -0.1) is 10.2 Å². The fourth-order valence-corrected chi connectivity index (χ4v) is 3.13. The van der Waals surface area contributed by atoms with Crippen molar-refractivity contribution in [1.29, 1.82) is 0 Å². The Morgan fingerprint density at radius 1 is 1.15 bits per heavy atom. The van der Waals surface area contributed by atoms with Gasteiger partial charge in [-0.25, -0.2) is 0 Å². The standard InChI is InChI=1S/C19H16N4O2S/c24-18(21-19-22-20-13-26-19)11-23-9-8-15-6-7-16(10-17(15)23)25-12-14-4-2-1-3-5-14/h1-10,13H,11-12H2,(H,21,22,24). The number of hydrogen-bond acceptors (Lipinski definition) is 5. The van der Waals surface area contributed by atoms with Gasteiger partial charge >= 0.3 is 0 Å². The molecule has 0 fully saturated rings. The first-order valence-electron chi connectivity index (χ1n) is 8.09. The predicted molar refractivity (Wildman–Crippen MR) is 101 cm³/mol. The molecule has 7 heteroatoms. The first kappa shape index (κ1) is 16.3. The van der Waals surface area contributed by atoms with Crippen molar-refractivity contribution in [2.45, 2.75) is 13.2 Å². The minimum absolute atomic E-state index is 0.144. The second-order valence-electron chi connectivity index (χ2n) is 5.73. The number of carbonyl (C=O) groups excluding carboxylic acids is 1. The minimum Gasteiger partial charge on any atom is -0.489 e. The summed E-state index contributed by atoms with van der Waals surface area (Å²) in [4.78, 5) is 12.2. The molecule has 0 aliphatic heterocycles. The number of rotatable bonds is 6. The zero-order valence-electron chi connectivity index (χ0n) is 13.8. The van der Waals surface area contributed by atoms with E-state index in [1.165, 1.54) is 11.3 Å². The second-order valence-corrected chi connectivity index (χ2v) is 6.56. The van der Waals surface area contributed by atoms with Crippen molar-refractivity contribution >= 4 is 33.3 Å². The van der Waals surface area contributed by atoms with Crippen LogP contribution in [0.4, 0.5) is 5.13 Å². The van der Waals surface area contributed by atoms with Crippen LogP contribution in [0.3, 0.4) is 0 Å². The van der Waals surface area contributed by atoms with Crippen LogP contribution in [0.1, 0.15) is 5.56 Å². The van der Waals surface area contributed by atoms with Gasteiger partial charge in [0.05, 0.1) is 5.52 Å². The smallest absolute Gasteiger partial charge is 0.246 e. The van der Waals surface area contributed by atoms with Crippen LogP contribution in [0.25, 0.3) is 10.9 Å². The lowest BCUT2D eigenvalue weighted by molar-refractivity contribution is -0.116. The second kappa shape index (κ2) is 7.37. The summed E-state index contributed by atoms with van der Waals surface area (Å²) >= 11 is 1.29. The molecular weight excluding hydrogens is 348 g/mol. The fraction of sp³-hybridized carbons (Fsp3) is 0.105. The van der Waals surface area contributed by atoms with Crippen LogP contribution in [-0.2, 0) is 17.9 Å². The molecule has 2 heterocycles. The summed E-state index contributed by atoms with van der Waals surface area (Å²) in [7, 11) is 0. The average Bonchev–Trinajstić information content (AvgIpc) is 3.31. The Kier molecular flexibility index (Phi) is 4.61. The molecule has 0 bridgehead atoms. The zero-order valence-corrected chi connectivity index (χ0v) is 14.6. The van der Waals surface area contributed by atoms with Crippen LogP contribution in [0.5, 0.6) is 5.75 Å². The Hall–Kier alpha value is -3.19. The molecule has 130 valence electrons. The van der Waals surface area contributed by atoms with Crippen molar-refractivity contribution in [2.75, 3.05) is 5.32 Å². The van der Waals surface area contributed by atoms with Crippen molar-refractivity contribution in [3.05, 3.63) is 71.9 Å². The number of ether oxygens (including phenoxy) is 1. The maximum atomic E-state index is 12.2. The monoisotopic (exact) mass is 364 g/mol. The van der Waals surface area contributed by atoms with E-state index in [1.54, 1.807) is 5.51 Å². The number of fused-ring (bicyclic) bond motifs is 1. The van der Waals surface area contributed by atoms with Gasteiger partial charge in [0, 0.05) is 12.3 Å². The molecule has 6 nitrogen and oxygen atoms in total. The first-order chi connectivity index (χ1) is 12.8. The molecule has 2 aromatic carbocycles. The summed E-state index contributed by atoms with van der Waals surface area (Å²) in [5.41, 5.74) is 3.64. The van der Waals surface area contributed by atoms with Crippen LogP contribution >= 0.6 is 11.3 Å². The summed E-state index contributed by atoms with van der Waals surface area (Å²) in [6.07, 6.45) is 1.89. The highest BCUT2D eigenvalue weighted by Gasteiger charge is 2.09. The van der Waals surface area contributed by atoms with Crippen LogP contribution in [0.2, 0.25) is 0 Å². The minimum atomic E-state index is -0.144. The molecule has 0 atom stereocenters. The summed E-state index contributed by atoms with van der Waals surface area (Å²) in [5.74, 6) is 0.626. The van der Waals surface area contributed by atoms with Crippen molar-refractivity contribution < 1.29 is 9.53 Å². The van der Waals surface area contributed by atoms with Crippen molar-refractivity contribution in [3.8, 4) is 5.75 Å². The number of benzene rings is 2. The van der Waals surface area contributed by atoms with Crippen molar-refractivity contribution in [1.82, 2.24) is 14.8 Å². The third kappa shape index (κ3) is 3.73. The zero-order chi connectivity index (χ0) is 17.8. The van der Waals surface area contributed by atoms with E-state index in [0.29, 0.717) is 11.7 Å². The molecule has 0 unspecified atom stereocenters. The normalized spacial score (nSPS) is 10.8. The van der Waals surface area contributed by atoms with Gasteiger partial charge < -0.3 is 9.30 Å². The lowest BCUT2D eigenvalue weighted by atomic mass is 10.2. The Bertz CT molecular complexity index is 1010. The SMILES string of the molecule is O=C(Cn1ccc2ccc(OCc3ccccc3)cc21)Nc1nncs1. The highest BCUT2D eigenvalue weighted by atomic mass is 32.1. The Labute approximate surface area is 154 Å². The van der Waals surface area contributed by atoms with E-state index < -0.39 is 0 Å². The highest BCUT2D eigenvalue weighted by Crippen LogP contribution is 2.23.